The molecule has 1 aromatic rings. The van der Waals surface area contributed by atoms with Gasteiger partial charge in [0.15, 0.2) is 0 Å². The van der Waals surface area contributed by atoms with Crippen LogP contribution in [0.5, 0.6) is 5.75 Å². The average Bonchev–Trinajstić information content (AvgIpc) is 2.47. The van der Waals surface area contributed by atoms with Gasteiger partial charge >= 0.3 is 0 Å². The third-order valence-electron chi connectivity index (χ3n) is 3.45. The summed E-state index contributed by atoms with van der Waals surface area (Å²) in [5.41, 5.74) is 2.72. The highest BCUT2D eigenvalue weighted by Gasteiger charge is 2.12. The summed E-state index contributed by atoms with van der Waals surface area (Å²) in [7, 11) is 3.25. The van der Waals surface area contributed by atoms with E-state index >= 15 is 0 Å². The van der Waals surface area contributed by atoms with E-state index in [0.29, 0.717) is 11.7 Å². The predicted octanol–water partition coefficient (Wildman–Crippen LogP) is 5.76. The van der Waals surface area contributed by atoms with Crippen LogP contribution in [0.15, 0.2) is 42.5 Å². The highest BCUT2D eigenvalue weighted by Crippen LogP contribution is 2.25. The Morgan fingerprint density at radius 1 is 1.28 bits per heavy atom. The average molecular weight is 351 g/mol. The van der Waals surface area contributed by atoms with Gasteiger partial charge in [0.05, 0.1) is 5.60 Å². The van der Waals surface area contributed by atoms with E-state index in [0.717, 1.165) is 24.0 Å². The monoisotopic (exact) mass is 350 g/mol. The van der Waals surface area contributed by atoms with Crippen molar-refractivity contribution in [2.45, 2.75) is 65.9 Å². The first-order valence-corrected chi connectivity index (χ1v) is 8.69. The van der Waals surface area contributed by atoms with Crippen LogP contribution in [0, 0.1) is 6.92 Å². The maximum Gasteiger partial charge on any atom is 0.119 e. The number of rotatable bonds is 5. The van der Waals surface area contributed by atoms with Crippen LogP contribution < -0.4 is 0 Å². The van der Waals surface area contributed by atoms with Crippen LogP contribution in [0.25, 0.3) is 0 Å². The van der Waals surface area contributed by atoms with Crippen LogP contribution in [0.2, 0.25) is 0 Å². The van der Waals surface area contributed by atoms with Gasteiger partial charge in [-0.1, -0.05) is 43.7 Å². The van der Waals surface area contributed by atoms with Gasteiger partial charge in [0.1, 0.15) is 5.75 Å². The molecule has 0 bridgehead atoms. The maximum absolute atomic E-state index is 9.49. The van der Waals surface area contributed by atoms with Crippen molar-refractivity contribution < 1.29 is 14.9 Å². The summed E-state index contributed by atoms with van der Waals surface area (Å²) in [6, 6.07) is 5.81. The minimum Gasteiger partial charge on any atom is -0.508 e. The normalized spacial score (nSPS) is 12.1. The first-order valence-electron chi connectivity index (χ1n) is 8.69. The van der Waals surface area contributed by atoms with Crippen molar-refractivity contribution in [1.29, 1.82) is 0 Å². The fourth-order valence-corrected chi connectivity index (χ4v) is 1.90. The molecule has 0 heterocycles. The number of hydrogen-bond donors (Lipinski definition) is 2. The van der Waals surface area contributed by atoms with Gasteiger partial charge in [0.2, 0.25) is 0 Å². The van der Waals surface area contributed by atoms with Crippen molar-refractivity contribution in [3.8, 4) is 5.75 Å². The van der Waals surface area contributed by atoms with Crippen molar-refractivity contribution in [3.05, 3.63) is 53.6 Å². The maximum atomic E-state index is 9.49. The van der Waals surface area contributed by atoms with Crippen molar-refractivity contribution in [2.75, 3.05) is 14.2 Å². The second-order valence-corrected chi connectivity index (χ2v) is 7.01. The molecular weight excluding hydrogens is 312 g/mol. The molecule has 3 heteroatoms. The van der Waals surface area contributed by atoms with Gasteiger partial charge in [-0.25, -0.2) is 0 Å². The number of phenolic OH excluding ortho intramolecular Hbond substituents is 1. The second kappa shape index (κ2) is 13.7. The molecule has 0 aromatic heterocycles. The molecule has 0 spiro atoms. The van der Waals surface area contributed by atoms with Gasteiger partial charge in [-0.15, -0.1) is 6.58 Å². The van der Waals surface area contributed by atoms with Crippen LogP contribution >= 0.6 is 0 Å². The summed E-state index contributed by atoms with van der Waals surface area (Å²) in [6.45, 7) is 15.6. The summed E-state index contributed by atoms with van der Waals surface area (Å²) in [6.07, 6.45) is 5.38. The van der Waals surface area contributed by atoms with Crippen LogP contribution in [0.3, 0.4) is 0 Å². The van der Waals surface area contributed by atoms with Crippen LogP contribution in [0.1, 0.15) is 64.5 Å². The minimum absolute atomic E-state index is 0.399. The lowest BCUT2D eigenvalue weighted by atomic mass is 10.00. The van der Waals surface area contributed by atoms with Crippen LogP contribution in [0.4, 0.5) is 0 Å². The largest absolute Gasteiger partial charge is 0.508 e. The van der Waals surface area contributed by atoms with Gasteiger partial charge in [0, 0.05) is 14.2 Å². The highest BCUT2D eigenvalue weighted by atomic mass is 16.4. The fraction of sp³-hybridized carbons (Fsp3) is 0.545. The topological polar surface area (TPSA) is 49.7 Å². The first-order chi connectivity index (χ1) is 11.5. The van der Waals surface area contributed by atoms with Crippen molar-refractivity contribution in [1.82, 2.24) is 0 Å². The lowest BCUT2D eigenvalue weighted by Gasteiger charge is -2.16. The lowest BCUT2D eigenvalue weighted by Crippen LogP contribution is -2.19. The zero-order valence-corrected chi connectivity index (χ0v) is 17.4. The van der Waals surface area contributed by atoms with E-state index in [1.165, 1.54) is 5.57 Å². The molecular formula is C22H38O3. The Bertz CT molecular complexity index is 510. The van der Waals surface area contributed by atoms with E-state index in [1.807, 2.05) is 19.1 Å². The molecule has 3 nitrogen and oxygen atoms in total. The SMILES string of the molecule is C=CC(C)(O)CCC=C(C)C.COC.Cc1ccc(C(C)C)c(O)c1. The zero-order chi connectivity index (χ0) is 20.0. The Kier molecular flexibility index (Phi) is 14.0. The molecule has 0 aliphatic heterocycles. The molecule has 1 rings (SSSR count). The first kappa shape index (κ1) is 25.7. The molecule has 1 unspecified atom stereocenters. The molecule has 0 fully saturated rings. The van der Waals surface area contributed by atoms with E-state index in [4.69, 9.17) is 0 Å². The number of aryl methyl sites for hydroxylation is 1. The number of benzene rings is 1. The molecule has 1 aromatic carbocycles. The Morgan fingerprint density at radius 3 is 2.16 bits per heavy atom. The molecule has 25 heavy (non-hydrogen) atoms. The Labute approximate surface area is 155 Å². The van der Waals surface area contributed by atoms with Gasteiger partial charge in [-0.3, -0.25) is 0 Å². The molecule has 0 aliphatic rings. The number of methoxy groups -OCH3 is 1. The summed E-state index contributed by atoms with van der Waals surface area (Å²) in [5, 5.41) is 19.0. The van der Waals surface area contributed by atoms with Crippen molar-refractivity contribution in [2.24, 2.45) is 0 Å². The molecule has 0 amide bonds. The molecule has 2 N–H and O–H groups in total. The summed E-state index contributed by atoms with van der Waals surface area (Å²) < 4.78 is 4.25. The van der Waals surface area contributed by atoms with E-state index in [9.17, 15) is 10.2 Å². The molecule has 0 aliphatic carbocycles. The van der Waals surface area contributed by atoms with E-state index < -0.39 is 5.60 Å². The van der Waals surface area contributed by atoms with Gasteiger partial charge in [-0.2, -0.15) is 0 Å². The number of aliphatic hydroxyl groups is 1. The molecule has 0 saturated heterocycles. The third-order valence-corrected chi connectivity index (χ3v) is 3.45. The Hall–Kier alpha value is -1.58. The second-order valence-electron chi connectivity index (χ2n) is 7.01. The summed E-state index contributed by atoms with van der Waals surface area (Å²) in [4.78, 5) is 0. The fourth-order valence-electron chi connectivity index (χ4n) is 1.90. The number of aromatic hydroxyl groups is 1. The summed E-state index contributed by atoms with van der Waals surface area (Å²) >= 11 is 0. The number of hydrogen-bond acceptors (Lipinski definition) is 3. The molecule has 144 valence electrons. The Balaban J connectivity index is 0. The lowest BCUT2D eigenvalue weighted by molar-refractivity contribution is 0.103. The predicted molar refractivity (Wildman–Crippen MR) is 109 cm³/mol. The van der Waals surface area contributed by atoms with E-state index in [1.54, 1.807) is 33.3 Å². The standard InChI is InChI=1S/C10H14O.C10H18O.C2H6O/c1-7(2)9-5-4-8(3)6-10(9)11;1-5-10(4,11)8-6-7-9(2)3;1-3-2/h4-7,11H,1-3H3;5,7,11H,1,6,8H2,2-4H3;1-2H3. The number of ether oxygens (including phenoxy) is 1. The minimum atomic E-state index is -0.702. The Morgan fingerprint density at radius 2 is 1.80 bits per heavy atom. The van der Waals surface area contributed by atoms with E-state index in [-0.39, 0.29) is 0 Å². The quantitative estimate of drug-likeness (QED) is 0.664. The number of phenols is 1. The number of allylic oxidation sites excluding steroid dienone is 2. The van der Waals surface area contributed by atoms with Gasteiger partial charge in [-0.05, 0) is 63.6 Å². The smallest absolute Gasteiger partial charge is 0.119 e. The highest BCUT2D eigenvalue weighted by molar-refractivity contribution is 5.37. The summed E-state index contributed by atoms with van der Waals surface area (Å²) in [5.74, 6) is 0.815. The molecule has 1 atom stereocenters. The van der Waals surface area contributed by atoms with Gasteiger partial charge in [0.25, 0.3) is 0 Å². The van der Waals surface area contributed by atoms with E-state index in [2.05, 4.69) is 45.1 Å². The van der Waals surface area contributed by atoms with Crippen molar-refractivity contribution >= 4 is 0 Å². The van der Waals surface area contributed by atoms with Crippen LogP contribution in [-0.2, 0) is 4.74 Å². The van der Waals surface area contributed by atoms with Crippen LogP contribution in [-0.4, -0.2) is 30.0 Å². The molecule has 0 radical (unpaired) electrons. The zero-order valence-electron chi connectivity index (χ0n) is 17.4. The molecule has 0 saturated carbocycles. The van der Waals surface area contributed by atoms with Gasteiger partial charge < -0.3 is 14.9 Å². The van der Waals surface area contributed by atoms with Crippen molar-refractivity contribution in [3.63, 3.8) is 0 Å². The third kappa shape index (κ3) is 14.5.